The molecule has 0 aromatic carbocycles. The number of nitriles is 1. The first-order valence-corrected chi connectivity index (χ1v) is 5.93. The number of hydrogen-bond donors (Lipinski definition) is 0. The molecule has 0 spiro atoms. The third-order valence-corrected chi connectivity index (χ3v) is 2.13. The number of carbonyl (C=O) groups excluding carboxylic acids is 3. The van der Waals surface area contributed by atoms with Gasteiger partial charge in [-0.05, 0) is 7.05 Å². The molecule has 0 N–H and O–H groups in total. The third kappa shape index (κ3) is 8.23. The fraction of sp³-hybridized carbons (Fsp3) is 0.636. The average molecular weight is 284 g/mol. The van der Waals surface area contributed by atoms with Crippen molar-refractivity contribution in [2.45, 2.75) is 12.8 Å². The molecule has 8 nitrogen and oxygen atoms in total. The van der Waals surface area contributed by atoms with Crippen LogP contribution in [0.1, 0.15) is 12.8 Å². The molecule has 110 valence electrons. The number of nitrogens with zero attached hydrogens (tertiary/aromatic N) is 2. The summed E-state index contributed by atoms with van der Waals surface area (Å²) in [6, 6.07) is 1.81. The molecule has 0 saturated carbocycles. The number of ether oxygens (including phenoxy) is 1. The van der Waals surface area contributed by atoms with Gasteiger partial charge in [0.05, 0.1) is 19.0 Å². The molecule has 0 heterocycles. The van der Waals surface area contributed by atoms with Gasteiger partial charge in [-0.15, -0.1) is 0 Å². The summed E-state index contributed by atoms with van der Waals surface area (Å²) in [4.78, 5) is 34.7. The van der Waals surface area contributed by atoms with Gasteiger partial charge in [0, 0.05) is 20.1 Å². The Kier molecular flexibility index (Phi) is 9.91. The van der Waals surface area contributed by atoms with E-state index in [1.807, 2.05) is 0 Å². The van der Waals surface area contributed by atoms with Crippen molar-refractivity contribution in [2.75, 3.05) is 33.9 Å². The van der Waals surface area contributed by atoms with E-state index in [4.69, 9.17) is 14.6 Å². The lowest BCUT2D eigenvalue weighted by molar-refractivity contribution is -0.136. The topological polar surface area (TPSA) is 106 Å². The smallest absolute Gasteiger partial charge is 0.501 e. The van der Waals surface area contributed by atoms with Crippen molar-refractivity contribution in [3.8, 4) is 6.07 Å². The van der Waals surface area contributed by atoms with Gasteiger partial charge in [-0.1, -0.05) is 0 Å². The highest BCUT2D eigenvalue weighted by atomic mass is 16.6. The number of hydrogen-bond acceptors (Lipinski definition) is 8. The number of aldehydes is 1. The van der Waals surface area contributed by atoms with Crippen LogP contribution in [0.5, 0.6) is 0 Å². The van der Waals surface area contributed by atoms with Crippen molar-refractivity contribution in [3.63, 3.8) is 0 Å². The molecule has 0 aromatic rings. The van der Waals surface area contributed by atoms with Crippen molar-refractivity contribution in [2.24, 2.45) is 0 Å². The summed E-state index contributed by atoms with van der Waals surface area (Å²) in [5.41, 5.74) is 0. The first kappa shape index (κ1) is 18.1. The summed E-state index contributed by atoms with van der Waals surface area (Å²) >= 11 is 0. The molecule has 0 radical (unpaired) electrons. The maximum Gasteiger partial charge on any atom is 0.650 e. The van der Waals surface area contributed by atoms with Gasteiger partial charge in [0.25, 0.3) is 0 Å². The summed E-state index contributed by atoms with van der Waals surface area (Å²) in [7, 11) is 1.37. The summed E-state index contributed by atoms with van der Waals surface area (Å²) in [6.07, 6.45) is 1.09. The molecule has 0 amide bonds. The van der Waals surface area contributed by atoms with Crippen LogP contribution in [0.2, 0.25) is 0 Å². The van der Waals surface area contributed by atoms with Gasteiger partial charge in [0.1, 0.15) is 12.9 Å². The van der Waals surface area contributed by atoms with Crippen LogP contribution in [-0.2, 0) is 23.6 Å². The van der Waals surface area contributed by atoms with Crippen LogP contribution in [0.15, 0.2) is 0 Å². The highest BCUT2D eigenvalue weighted by Gasteiger charge is 2.34. The van der Waals surface area contributed by atoms with Crippen LogP contribution in [0.3, 0.4) is 0 Å². The second kappa shape index (κ2) is 11.0. The summed E-state index contributed by atoms with van der Waals surface area (Å²) in [5.74, 6) is -1.55. The molecule has 0 atom stereocenters. The summed E-state index contributed by atoms with van der Waals surface area (Å²) < 4.78 is 14.2. The minimum Gasteiger partial charge on any atom is -0.501 e. The maximum absolute atomic E-state index is 11.5. The Bertz CT molecular complexity index is 370. The zero-order valence-corrected chi connectivity index (χ0v) is 11.5. The van der Waals surface area contributed by atoms with E-state index in [0.717, 1.165) is 6.29 Å². The fourth-order valence-electron chi connectivity index (χ4n) is 1.19. The lowest BCUT2D eigenvalue weighted by Crippen LogP contribution is -2.39. The van der Waals surface area contributed by atoms with Crippen LogP contribution in [0.4, 0.5) is 4.79 Å². The maximum atomic E-state index is 11.5. The monoisotopic (exact) mass is 284 g/mol. The van der Waals surface area contributed by atoms with E-state index in [2.05, 4.69) is 4.74 Å². The minimum absolute atomic E-state index is 0.0462. The van der Waals surface area contributed by atoms with Gasteiger partial charge >= 0.3 is 19.0 Å². The molecule has 0 aliphatic carbocycles. The second-order valence-corrected chi connectivity index (χ2v) is 3.83. The van der Waals surface area contributed by atoms with Gasteiger partial charge in [-0.2, -0.15) is 5.26 Å². The molecule has 0 aliphatic rings. The summed E-state index contributed by atoms with van der Waals surface area (Å²) in [6.45, 7) is 0.230. The first-order valence-electron chi connectivity index (χ1n) is 5.93. The van der Waals surface area contributed by atoms with E-state index >= 15 is 0 Å². The zero-order chi connectivity index (χ0) is 15.4. The van der Waals surface area contributed by atoms with Crippen LogP contribution in [0, 0.1) is 11.3 Å². The van der Waals surface area contributed by atoms with Crippen LogP contribution in [-0.4, -0.2) is 64.0 Å². The normalized spacial score (nSPS) is 9.70. The predicted molar refractivity (Wildman–Crippen MR) is 68.6 cm³/mol. The van der Waals surface area contributed by atoms with E-state index < -0.39 is 19.0 Å². The predicted octanol–water partition coefficient (Wildman–Crippen LogP) is -0.183. The fourth-order valence-corrected chi connectivity index (χ4v) is 1.19. The van der Waals surface area contributed by atoms with Gasteiger partial charge in [0.15, 0.2) is 0 Å². The number of carbonyl (C=O) groups is 3. The van der Waals surface area contributed by atoms with Gasteiger partial charge in [-0.25, -0.2) is 0 Å². The molecular weight excluding hydrogens is 267 g/mol. The molecule has 0 rings (SSSR count). The van der Waals surface area contributed by atoms with E-state index in [-0.39, 0.29) is 19.6 Å². The van der Waals surface area contributed by atoms with E-state index in [9.17, 15) is 14.4 Å². The molecule has 0 aromatic heterocycles. The average Bonchev–Trinajstić information content (AvgIpc) is 2.42. The van der Waals surface area contributed by atoms with Crippen LogP contribution >= 0.6 is 0 Å². The first-order chi connectivity index (χ1) is 9.54. The second-order valence-electron chi connectivity index (χ2n) is 3.83. The molecule has 0 unspecified atom stereocenters. The van der Waals surface area contributed by atoms with Crippen molar-refractivity contribution >= 4 is 25.2 Å². The molecular formula is C11H17BN2O6. The highest BCUT2D eigenvalue weighted by molar-refractivity contribution is 6.79. The Morgan fingerprint density at radius 3 is 2.70 bits per heavy atom. The molecule has 9 heteroatoms. The Balaban J connectivity index is 4.14. The lowest BCUT2D eigenvalue weighted by Gasteiger charge is -2.16. The third-order valence-electron chi connectivity index (χ3n) is 2.13. The molecule has 0 aliphatic heterocycles. The van der Waals surface area contributed by atoms with Crippen molar-refractivity contribution in [3.05, 3.63) is 0 Å². The van der Waals surface area contributed by atoms with Crippen molar-refractivity contribution in [1.29, 1.82) is 5.26 Å². The standard InChI is InChI=1S/C11H17BN2O6/c1-14(6-4-7-15)9-10(16)20-12(18-2)11(17)19-8-3-5-13/h7H,3-4,6,8-9H2,1-2H3. The molecule has 20 heavy (non-hydrogen) atoms. The van der Waals surface area contributed by atoms with Crippen molar-refractivity contribution < 1.29 is 28.4 Å². The number of likely N-dealkylation sites (N-methyl/N-ethyl adjacent to an activating group) is 1. The molecule has 0 bridgehead atoms. The Morgan fingerprint density at radius 2 is 2.15 bits per heavy atom. The van der Waals surface area contributed by atoms with Gasteiger partial charge in [-0.3, -0.25) is 14.5 Å². The lowest BCUT2D eigenvalue weighted by atomic mass is 9.91. The van der Waals surface area contributed by atoms with E-state index in [1.165, 1.54) is 7.11 Å². The largest absolute Gasteiger partial charge is 0.650 e. The van der Waals surface area contributed by atoms with Gasteiger partial charge in [0.2, 0.25) is 0 Å². The highest BCUT2D eigenvalue weighted by Crippen LogP contribution is 1.97. The van der Waals surface area contributed by atoms with Crippen LogP contribution < -0.4 is 0 Å². The Morgan fingerprint density at radius 1 is 1.45 bits per heavy atom. The minimum atomic E-state index is -1.46. The number of rotatable bonds is 10. The van der Waals surface area contributed by atoms with E-state index in [1.54, 1.807) is 18.0 Å². The molecule has 0 fully saturated rings. The van der Waals surface area contributed by atoms with Crippen LogP contribution in [0.25, 0.3) is 0 Å². The Labute approximate surface area is 117 Å². The van der Waals surface area contributed by atoms with Gasteiger partial charge < -0.3 is 18.8 Å². The summed E-state index contributed by atoms with van der Waals surface area (Å²) in [5, 5.41) is 8.30. The zero-order valence-electron chi connectivity index (χ0n) is 11.5. The quantitative estimate of drug-likeness (QED) is 0.309. The van der Waals surface area contributed by atoms with E-state index in [0.29, 0.717) is 13.0 Å². The SMILES string of the molecule is COB(OC(=O)CN(C)CCC=O)C(=O)OCCC#N. The molecule has 0 saturated heterocycles. The Hall–Kier alpha value is -1.92. The van der Waals surface area contributed by atoms with Crippen molar-refractivity contribution in [1.82, 2.24) is 4.90 Å².